The fourth-order valence-corrected chi connectivity index (χ4v) is 0.968. The van der Waals surface area contributed by atoms with Gasteiger partial charge in [-0.15, -0.1) is 9.74 Å². The Morgan fingerprint density at radius 2 is 2.30 bits per heavy atom. The highest BCUT2D eigenvalue weighted by atomic mass is 35.5. The molecular formula is C4H6Cl2N4. The first kappa shape index (κ1) is 7.50. The van der Waals surface area contributed by atoms with Crippen molar-refractivity contribution < 1.29 is 0 Å². The minimum absolute atomic E-state index is 0.200. The van der Waals surface area contributed by atoms with Gasteiger partial charge < -0.3 is 5.73 Å². The van der Waals surface area contributed by atoms with Crippen LogP contribution >= 0.6 is 23.4 Å². The molecule has 10 heavy (non-hydrogen) atoms. The molecule has 0 spiro atoms. The number of halogens is 2. The Labute approximate surface area is 68.3 Å². The molecule has 1 aliphatic heterocycles. The van der Waals surface area contributed by atoms with Crippen LogP contribution in [0.15, 0.2) is 16.5 Å². The molecule has 1 heterocycles. The Balaban J connectivity index is 2.90. The zero-order valence-electron chi connectivity index (χ0n) is 5.23. The summed E-state index contributed by atoms with van der Waals surface area (Å²) in [4.78, 5) is 0. The number of nitrogens with zero attached hydrogens (tertiary/aromatic N) is 2. The van der Waals surface area contributed by atoms with Crippen LogP contribution in [0.2, 0.25) is 0 Å². The van der Waals surface area contributed by atoms with Gasteiger partial charge in [0.05, 0.1) is 23.2 Å². The first-order valence-electron chi connectivity index (χ1n) is 2.54. The fraction of sp³-hybridized carbons (Fsp3) is 0.250. The third-order valence-electron chi connectivity index (χ3n) is 1.06. The Morgan fingerprint density at radius 1 is 1.70 bits per heavy atom. The highest BCUT2D eigenvalue weighted by molar-refractivity contribution is 6.69. The van der Waals surface area contributed by atoms with Crippen molar-refractivity contribution in [1.82, 2.24) is 10.1 Å². The molecule has 3 N–H and O–H groups in total. The summed E-state index contributed by atoms with van der Waals surface area (Å²) in [5.41, 5.74) is 9.20. The first-order chi connectivity index (χ1) is 4.61. The third kappa shape index (κ3) is 1.27. The lowest BCUT2D eigenvalue weighted by molar-refractivity contribution is 0.391. The zero-order chi connectivity index (χ0) is 7.72. The van der Waals surface area contributed by atoms with Gasteiger partial charge in [-0.25, -0.2) is 0 Å². The largest absolute Gasteiger partial charge is 0.395 e. The van der Waals surface area contributed by atoms with Crippen LogP contribution in [0.25, 0.3) is 0 Å². The van der Waals surface area contributed by atoms with E-state index < -0.39 is 0 Å². The molecule has 0 aliphatic carbocycles. The lowest BCUT2D eigenvalue weighted by atomic mass is 10.4. The number of nitrogens with one attached hydrogen (secondary N) is 1. The molecule has 0 bridgehead atoms. The van der Waals surface area contributed by atoms with Crippen LogP contribution in [0.3, 0.4) is 0 Å². The van der Waals surface area contributed by atoms with Gasteiger partial charge in [0.15, 0.2) is 5.17 Å². The van der Waals surface area contributed by atoms with E-state index in [1.54, 1.807) is 6.92 Å². The summed E-state index contributed by atoms with van der Waals surface area (Å²) in [6, 6.07) is 0. The van der Waals surface area contributed by atoms with E-state index in [1.165, 1.54) is 0 Å². The van der Waals surface area contributed by atoms with Gasteiger partial charge in [0, 0.05) is 0 Å². The Bertz CT molecular complexity index is 209. The van der Waals surface area contributed by atoms with Crippen LogP contribution in [0, 0.1) is 0 Å². The van der Waals surface area contributed by atoms with Gasteiger partial charge in [0.1, 0.15) is 0 Å². The number of hydrogen-bond donors (Lipinski definition) is 2. The van der Waals surface area contributed by atoms with Gasteiger partial charge in [0.2, 0.25) is 0 Å². The summed E-state index contributed by atoms with van der Waals surface area (Å²) in [6.45, 7) is 1.75. The van der Waals surface area contributed by atoms with E-state index in [-0.39, 0.29) is 5.17 Å². The van der Waals surface area contributed by atoms with Gasteiger partial charge in [-0.1, -0.05) is 11.6 Å². The molecule has 0 fully saturated rings. The molecule has 56 valence electrons. The smallest absolute Gasteiger partial charge is 0.177 e. The van der Waals surface area contributed by atoms with Gasteiger partial charge in [-0.2, -0.15) is 0 Å². The van der Waals surface area contributed by atoms with E-state index in [2.05, 4.69) is 10.5 Å². The van der Waals surface area contributed by atoms with Crippen molar-refractivity contribution in [1.29, 1.82) is 0 Å². The molecule has 1 rings (SSSR count). The molecule has 0 saturated heterocycles. The summed E-state index contributed by atoms with van der Waals surface area (Å²) in [7, 11) is 0. The average Bonchev–Trinajstić information content (AvgIpc) is 1.82. The van der Waals surface area contributed by atoms with E-state index in [0.29, 0.717) is 11.4 Å². The Morgan fingerprint density at radius 3 is 2.80 bits per heavy atom. The van der Waals surface area contributed by atoms with Crippen molar-refractivity contribution >= 4 is 28.5 Å². The van der Waals surface area contributed by atoms with Crippen LogP contribution in [0.1, 0.15) is 6.92 Å². The van der Waals surface area contributed by atoms with Crippen molar-refractivity contribution in [3.63, 3.8) is 0 Å². The minimum atomic E-state index is 0.200. The Kier molecular flexibility index (Phi) is 1.92. The molecule has 4 nitrogen and oxygen atoms in total. The highest BCUT2D eigenvalue weighted by Crippen LogP contribution is 2.10. The number of hydrazine groups is 1. The molecule has 0 saturated carbocycles. The highest BCUT2D eigenvalue weighted by Gasteiger charge is 2.12. The third-order valence-corrected chi connectivity index (χ3v) is 1.50. The molecule has 0 amide bonds. The van der Waals surface area contributed by atoms with Gasteiger partial charge in [-0.3, -0.25) is 5.43 Å². The van der Waals surface area contributed by atoms with Crippen LogP contribution in [-0.4, -0.2) is 9.81 Å². The second-order valence-electron chi connectivity index (χ2n) is 1.80. The minimum Gasteiger partial charge on any atom is -0.395 e. The van der Waals surface area contributed by atoms with E-state index in [0.717, 1.165) is 4.64 Å². The molecule has 0 atom stereocenters. The quantitative estimate of drug-likeness (QED) is 0.541. The maximum Gasteiger partial charge on any atom is 0.177 e. The number of hydrogen-bond acceptors (Lipinski definition) is 4. The lowest BCUT2D eigenvalue weighted by Crippen LogP contribution is -2.32. The van der Waals surface area contributed by atoms with Crippen molar-refractivity contribution in [3.05, 3.63) is 11.4 Å². The van der Waals surface area contributed by atoms with E-state index in [9.17, 15) is 0 Å². The van der Waals surface area contributed by atoms with Gasteiger partial charge in [0.25, 0.3) is 0 Å². The van der Waals surface area contributed by atoms with Crippen LogP contribution in [-0.2, 0) is 0 Å². The zero-order valence-corrected chi connectivity index (χ0v) is 6.74. The van der Waals surface area contributed by atoms with Crippen molar-refractivity contribution in [3.8, 4) is 0 Å². The second-order valence-corrected chi connectivity index (χ2v) is 2.48. The molecule has 0 radical (unpaired) electrons. The first-order valence-corrected chi connectivity index (χ1v) is 3.26. The van der Waals surface area contributed by atoms with E-state index in [1.807, 2.05) is 0 Å². The summed E-state index contributed by atoms with van der Waals surface area (Å²) < 4.78 is 0.980. The van der Waals surface area contributed by atoms with Crippen molar-refractivity contribution in [2.75, 3.05) is 0 Å². The van der Waals surface area contributed by atoms with Crippen LogP contribution < -0.4 is 11.2 Å². The van der Waals surface area contributed by atoms with Gasteiger partial charge >= 0.3 is 0 Å². The molecule has 0 aromatic rings. The molecule has 6 heteroatoms. The molecule has 1 aliphatic rings. The second kappa shape index (κ2) is 2.56. The maximum absolute atomic E-state index is 5.56. The van der Waals surface area contributed by atoms with Crippen LogP contribution in [0.5, 0.6) is 0 Å². The normalized spacial score (nSPS) is 18.7. The van der Waals surface area contributed by atoms with Crippen LogP contribution in [0.4, 0.5) is 0 Å². The fourth-order valence-electron chi connectivity index (χ4n) is 0.509. The topological polar surface area (TPSA) is 53.6 Å². The van der Waals surface area contributed by atoms with E-state index in [4.69, 9.17) is 29.1 Å². The molecule has 0 aromatic heterocycles. The van der Waals surface area contributed by atoms with Crippen molar-refractivity contribution in [2.45, 2.75) is 6.92 Å². The monoisotopic (exact) mass is 180 g/mol. The van der Waals surface area contributed by atoms with Crippen molar-refractivity contribution in [2.24, 2.45) is 10.8 Å². The summed E-state index contributed by atoms with van der Waals surface area (Å²) in [6.07, 6.45) is 0. The van der Waals surface area contributed by atoms with Gasteiger partial charge in [-0.05, 0) is 6.92 Å². The predicted octanol–water partition coefficient (Wildman–Crippen LogP) is 0.703. The predicted molar refractivity (Wildman–Crippen MR) is 41.0 cm³/mol. The Hall–Kier alpha value is -0.610. The summed E-state index contributed by atoms with van der Waals surface area (Å²) in [5.74, 6) is 0. The summed E-state index contributed by atoms with van der Waals surface area (Å²) >= 11 is 11.0. The number of rotatable bonds is 0. The molecular weight excluding hydrogens is 175 g/mol. The summed E-state index contributed by atoms with van der Waals surface area (Å²) in [5, 5.41) is 3.80. The molecule has 0 aromatic carbocycles. The number of allylic oxidation sites excluding steroid dienone is 2. The number of nitrogens with two attached hydrogens (primary N) is 1. The standard InChI is InChI=1S/C4H6Cl2N4/c1-2-3(7)4(5)9-10(6)8-2/h8H,7H2,1H3. The SMILES string of the molecule is CC1=C(N)C(Cl)=NN(Cl)N1. The number of hydrazone groups is 1. The maximum atomic E-state index is 5.56. The average molecular weight is 181 g/mol. The van der Waals surface area contributed by atoms with E-state index >= 15 is 0 Å². The molecule has 0 unspecified atom stereocenters. The lowest BCUT2D eigenvalue weighted by Gasteiger charge is -2.19.